The fraction of sp³-hybridized carbons (Fsp3) is 0. The topological polar surface area (TPSA) is 0 Å². The van der Waals surface area contributed by atoms with Crippen LogP contribution in [0.2, 0.25) is 0 Å². The van der Waals surface area contributed by atoms with Crippen LogP contribution >= 0.6 is 0 Å². The molecule has 0 N–H and O–H groups in total. The predicted octanol–water partition coefficient (Wildman–Crippen LogP) is 6.35. The molecule has 0 bridgehead atoms. The minimum Gasteiger partial charge on any atom is -0.0985 e. The Morgan fingerprint density at radius 3 is 1.59 bits per heavy atom. The van der Waals surface area contributed by atoms with Gasteiger partial charge in [-0.2, -0.15) is 0 Å². The molecule has 0 aliphatic heterocycles. The molecule has 0 unspecified atom stereocenters. The normalized spacial score (nSPS) is 11.1. The van der Waals surface area contributed by atoms with Gasteiger partial charge >= 0.3 is 0 Å². The summed E-state index contributed by atoms with van der Waals surface area (Å²) < 4.78 is 0. The molecular weight excluding hydrogens is 264 g/mol. The van der Waals surface area contributed by atoms with E-state index in [0.717, 1.165) is 11.1 Å². The molecule has 0 aliphatic rings. The van der Waals surface area contributed by atoms with Crippen molar-refractivity contribution in [2.75, 3.05) is 0 Å². The number of hydrogen-bond acceptors (Lipinski definition) is 0. The number of rotatable bonds is 2. The van der Waals surface area contributed by atoms with Crippen LogP contribution in [0.25, 0.3) is 37.9 Å². The average Bonchev–Trinajstić information content (AvgIpc) is 2.61. The van der Waals surface area contributed by atoms with Gasteiger partial charge in [-0.15, -0.1) is 0 Å². The molecule has 0 saturated heterocycles. The first kappa shape index (κ1) is 12.8. The zero-order valence-electron chi connectivity index (χ0n) is 12.3. The number of hydrogen-bond donors (Lipinski definition) is 0. The maximum atomic E-state index is 4.07. The summed E-state index contributed by atoms with van der Waals surface area (Å²) in [6, 6.07) is 23.8. The lowest BCUT2D eigenvalue weighted by Gasteiger charge is -2.11. The molecule has 104 valence electrons. The van der Waals surface area contributed by atoms with Gasteiger partial charge in [0.05, 0.1) is 0 Å². The summed E-state index contributed by atoms with van der Waals surface area (Å²) in [5.74, 6) is 0. The molecule has 0 nitrogen and oxygen atoms in total. The van der Waals surface area contributed by atoms with Crippen molar-refractivity contribution in [3.63, 3.8) is 0 Å². The van der Waals surface area contributed by atoms with Gasteiger partial charge in [-0.3, -0.25) is 0 Å². The molecule has 0 saturated carbocycles. The van der Waals surface area contributed by atoms with Crippen LogP contribution in [0, 0.1) is 0 Å². The molecule has 0 heteroatoms. The summed E-state index contributed by atoms with van der Waals surface area (Å²) in [7, 11) is 0. The van der Waals surface area contributed by atoms with E-state index >= 15 is 0 Å². The Bertz CT molecular complexity index is 1020. The minimum absolute atomic E-state index is 0.958. The third-order valence-corrected chi connectivity index (χ3v) is 4.36. The molecule has 0 heterocycles. The van der Waals surface area contributed by atoms with Crippen molar-refractivity contribution in [2.24, 2.45) is 0 Å². The van der Waals surface area contributed by atoms with E-state index in [1.54, 1.807) is 0 Å². The van der Waals surface area contributed by atoms with Gasteiger partial charge in [0.2, 0.25) is 0 Å². The highest BCUT2D eigenvalue weighted by Crippen LogP contribution is 2.35. The van der Waals surface area contributed by atoms with Crippen LogP contribution in [0.4, 0.5) is 0 Å². The van der Waals surface area contributed by atoms with E-state index in [4.69, 9.17) is 0 Å². The Morgan fingerprint density at radius 2 is 1.09 bits per heavy atom. The molecule has 0 atom stereocenters. The molecule has 0 amide bonds. The third kappa shape index (κ3) is 1.78. The van der Waals surface area contributed by atoms with Crippen LogP contribution < -0.4 is 0 Å². The van der Waals surface area contributed by atoms with E-state index in [2.05, 4.69) is 79.9 Å². The summed E-state index contributed by atoms with van der Waals surface area (Å²) in [5.41, 5.74) is 2.09. The van der Waals surface area contributed by atoms with E-state index in [1.165, 1.54) is 32.3 Å². The second-order valence-corrected chi connectivity index (χ2v) is 5.58. The molecule has 4 aromatic rings. The van der Waals surface area contributed by atoms with Crippen molar-refractivity contribution >= 4 is 37.9 Å². The highest BCUT2D eigenvalue weighted by atomic mass is 14.1. The predicted molar refractivity (Wildman–Crippen MR) is 98.2 cm³/mol. The fourth-order valence-corrected chi connectivity index (χ4v) is 3.23. The maximum absolute atomic E-state index is 4.07. The standard InChI is InChI=1S/C22H16/c1-3-15(2)16-12-13-21-19-10-5-4-8-17(19)18-9-6-7-11-20(18)22(21)14-16/h3-14H,1-2H2. The Balaban J connectivity index is 2.27. The number of benzene rings is 4. The monoisotopic (exact) mass is 280 g/mol. The smallest absolute Gasteiger partial charge is 0.00928 e. The lowest BCUT2D eigenvalue weighted by atomic mass is 9.92. The Labute approximate surface area is 130 Å². The van der Waals surface area contributed by atoms with Crippen molar-refractivity contribution in [3.05, 3.63) is 91.5 Å². The van der Waals surface area contributed by atoms with Gasteiger partial charge in [0.25, 0.3) is 0 Å². The lowest BCUT2D eigenvalue weighted by molar-refractivity contribution is 1.70. The van der Waals surface area contributed by atoms with E-state index in [1.807, 2.05) is 6.08 Å². The summed E-state index contributed by atoms with van der Waals surface area (Å²) in [6.07, 6.45) is 1.81. The molecule has 0 aliphatic carbocycles. The first-order valence-corrected chi connectivity index (χ1v) is 7.44. The zero-order valence-corrected chi connectivity index (χ0v) is 12.3. The van der Waals surface area contributed by atoms with Crippen LogP contribution in [0.1, 0.15) is 5.56 Å². The van der Waals surface area contributed by atoms with Crippen molar-refractivity contribution < 1.29 is 0 Å². The van der Waals surface area contributed by atoms with E-state index in [9.17, 15) is 0 Å². The number of fused-ring (bicyclic) bond motifs is 6. The zero-order chi connectivity index (χ0) is 15.1. The van der Waals surface area contributed by atoms with Gasteiger partial charge in [0.15, 0.2) is 0 Å². The van der Waals surface area contributed by atoms with Crippen LogP contribution in [-0.4, -0.2) is 0 Å². The summed E-state index contributed by atoms with van der Waals surface area (Å²) in [6.45, 7) is 7.90. The van der Waals surface area contributed by atoms with Crippen LogP contribution in [-0.2, 0) is 0 Å². The highest BCUT2D eigenvalue weighted by molar-refractivity contribution is 6.25. The molecule has 0 aromatic heterocycles. The SMILES string of the molecule is C=CC(=C)c1ccc2c3ccccc3c3ccccc3c2c1. The molecular formula is C22H16. The van der Waals surface area contributed by atoms with Crippen LogP contribution in [0.3, 0.4) is 0 Å². The van der Waals surface area contributed by atoms with Gasteiger partial charge in [-0.05, 0) is 49.5 Å². The van der Waals surface area contributed by atoms with Crippen molar-refractivity contribution in [1.29, 1.82) is 0 Å². The van der Waals surface area contributed by atoms with E-state index < -0.39 is 0 Å². The van der Waals surface area contributed by atoms with Gasteiger partial charge in [-0.25, -0.2) is 0 Å². The molecule has 22 heavy (non-hydrogen) atoms. The Hall–Kier alpha value is -2.86. The van der Waals surface area contributed by atoms with Gasteiger partial charge in [0.1, 0.15) is 0 Å². The number of allylic oxidation sites excluding steroid dienone is 2. The highest BCUT2D eigenvalue weighted by Gasteiger charge is 2.08. The summed E-state index contributed by atoms with van der Waals surface area (Å²) in [4.78, 5) is 0. The Morgan fingerprint density at radius 1 is 0.636 bits per heavy atom. The van der Waals surface area contributed by atoms with Gasteiger partial charge in [0, 0.05) is 0 Å². The van der Waals surface area contributed by atoms with Crippen LogP contribution in [0.5, 0.6) is 0 Å². The summed E-state index contributed by atoms with van der Waals surface area (Å²) >= 11 is 0. The molecule has 4 aromatic carbocycles. The van der Waals surface area contributed by atoms with Crippen molar-refractivity contribution in [2.45, 2.75) is 0 Å². The molecule has 0 radical (unpaired) electrons. The third-order valence-electron chi connectivity index (χ3n) is 4.36. The lowest BCUT2D eigenvalue weighted by Crippen LogP contribution is -1.85. The maximum Gasteiger partial charge on any atom is -0.00928 e. The summed E-state index contributed by atoms with van der Waals surface area (Å²) in [5, 5.41) is 7.75. The van der Waals surface area contributed by atoms with Crippen LogP contribution in [0.15, 0.2) is 86.0 Å². The van der Waals surface area contributed by atoms with E-state index in [-0.39, 0.29) is 0 Å². The first-order chi connectivity index (χ1) is 10.8. The largest absolute Gasteiger partial charge is 0.0985 e. The Kier molecular flexibility index (Phi) is 2.83. The second kappa shape index (κ2) is 4.85. The molecule has 4 rings (SSSR count). The van der Waals surface area contributed by atoms with Crippen molar-refractivity contribution in [1.82, 2.24) is 0 Å². The minimum atomic E-state index is 0.958. The van der Waals surface area contributed by atoms with Gasteiger partial charge < -0.3 is 0 Å². The first-order valence-electron chi connectivity index (χ1n) is 7.44. The average molecular weight is 280 g/mol. The van der Waals surface area contributed by atoms with Gasteiger partial charge in [-0.1, -0.05) is 79.9 Å². The second-order valence-electron chi connectivity index (χ2n) is 5.58. The van der Waals surface area contributed by atoms with E-state index in [0.29, 0.717) is 0 Å². The fourth-order valence-electron chi connectivity index (χ4n) is 3.23. The molecule has 0 spiro atoms. The quantitative estimate of drug-likeness (QED) is 0.296. The van der Waals surface area contributed by atoms with Crippen molar-refractivity contribution in [3.8, 4) is 0 Å². The molecule has 0 fully saturated rings.